The minimum atomic E-state index is -2.09. The molecular formula is C36H46O14. The molecule has 14 heteroatoms. The predicted molar refractivity (Wildman–Crippen MR) is 166 cm³/mol. The Morgan fingerprint density at radius 1 is 0.800 bits per heavy atom. The van der Waals surface area contributed by atoms with Gasteiger partial charge in [-0.3, -0.25) is 24.0 Å². The quantitative estimate of drug-likeness (QED) is 0.242. The van der Waals surface area contributed by atoms with Crippen LogP contribution in [-0.2, 0) is 57.2 Å². The number of ketones is 1. The highest BCUT2D eigenvalue weighted by molar-refractivity contribution is 5.90. The molecular weight excluding hydrogens is 656 g/mol. The third kappa shape index (κ3) is 4.24. The molecule has 50 heavy (non-hydrogen) atoms. The Kier molecular flexibility index (Phi) is 7.59. The molecule has 4 saturated carbocycles. The molecule has 2 saturated heterocycles. The minimum absolute atomic E-state index is 0.196. The summed E-state index contributed by atoms with van der Waals surface area (Å²) in [7, 11) is 0. The number of aliphatic hydroxyl groups is 2. The normalized spacial score (nSPS) is 52.3. The maximum Gasteiger partial charge on any atom is 0.343 e. The lowest BCUT2D eigenvalue weighted by Crippen LogP contribution is -2.75. The summed E-state index contributed by atoms with van der Waals surface area (Å²) in [6, 6.07) is 0. The van der Waals surface area contributed by atoms with E-state index in [0.717, 1.165) is 0 Å². The van der Waals surface area contributed by atoms with E-state index in [9.17, 15) is 39.0 Å². The lowest BCUT2D eigenvalue weighted by atomic mass is 9.41. The standard InChI is InChI=1S/C36H46O14/c1-12-10-19-35(8,36(9,44)32(43)50-19)24-21(12)34(7)22(26(24)42)20-23(29(46-14(3)38)31(34)48-16(5)40)33(6)17(25(41)28(20)45-13(2)37)11-18-27(49-18)30(33)47-15(4)39/h10,12,17-18,20-24,26-31,42,44H,11H2,1-9H3/t12?,17?,18-,20-,21?,22?,23?,24-,26?,27-,28+,29?,30-,31-,33-,34+,35-,36+/m0/s1. The molecule has 0 bridgehead atoms. The zero-order valence-corrected chi connectivity index (χ0v) is 29.7. The summed E-state index contributed by atoms with van der Waals surface area (Å²) >= 11 is 0. The number of Topliss-reactive ketones (excluding diaryl/α,β-unsaturated/α-hetero) is 1. The van der Waals surface area contributed by atoms with Crippen LogP contribution < -0.4 is 0 Å². The van der Waals surface area contributed by atoms with Gasteiger partial charge in [0.2, 0.25) is 0 Å². The van der Waals surface area contributed by atoms with Crippen molar-refractivity contribution >= 4 is 35.6 Å². The van der Waals surface area contributed by atoms with Gasteiger partial charge >= 0.3 is 29.8 Å². The van der Waals surface area contributed by atoms with Crippen LogP contribution in [0.15, 0.2) is 11.8 Å². The molecule has 7 rings (SSSR count). The molecule has 0 radical (unpaired) electrons. The highest BCUT2D eigenvalue weighted by atomic mass is 16.6. The summed E-state index contributed by atoms with van der Waals surface area (Å²) < 4.78 is 35.9. The summed E-state index contributed by atoms with van der Waals surface area (Å²) in [5.41, 5.74) is -6.22. The lowest BCUT2D eigenvalue weighted by Gasteiger charge is -2.65. The molecule has 0 aromatic rings. The Morgan fingerprint density at radius 3 is 1.96 bits per heavy atom. The van der Waals surface area contributed by atoms with Crippen LogP contribution in [0.2, 0.25) is 0 Å². The first-order valence-electron chi connectivity index (χ1n) is 17.4. The van der Waals surface area contributed by atoms with Crippen LogP contribution in [0.3, 0.4) is 0 Å². The van der Waals surface area contributed by atoms with Crippen molar-refractivity contribution in [2.75, 3.05) is 0 Å². The van der Waals surface area contributed by atoms with Gasteiger partial charge in [-0.1, -0.05) is 20.8 Å². The van der Waals surface area contributed by atoms with Gasteiger partial charge in [-0.15, -0.1) is 0 Å². The average molecular weight is 703 g/mol. The van der Waals surface area contributed by atoms with Gasteiger partial charge in [0.15, 0.2) is 17.5 Å². The van der Waals surface area contributed by atoms with Crippen molar-refractivity contribution in [3.63, 3.8) is 0 Å². The monoisotopic (exact) mass is 702 g/mol. The predicted octanol–water partition coefficient (Wildman–Crippen LogP) is 1.41. The summed E-state index contributed by atoms with van der Waals surface area (Å²) in [6.45, 7) is 13.2. The first-order valence-corrected chi connectivity index (χ1v) is 17.4. The van der Waals surface area contributed by atoms with Gasteiger partial charge in [0.05, 0.1) is 17.6 Å². The third-order valence-corrected chi connectivity index (χ3v) is 14.0. The molecule has 274 valence electrons. The lowest BCUT2D eigenvalue weighted by molar-refractivity contribution is -0.273. The molecule has 0 aromatic heterocycles. The molecule has 5 aliphatic carbocycles. The first-order chi connectivity index (χ1) is 23.1. The van der Waals surface area contributed by atoms with E-state index < -0.39 is 142 Å². The van der Waals surface area contributed by atoms with E-state index in [-0.39, 0.29) is 12.2 Å². The van der Waals surface area contributed by atoms with Crippen molar-refractivity contribution in [2.45, 2.75) is 117 Å². The highest BCUT2D eigenvalue weighted by Crippen LogP contribution is 2.75. The molecule has 2 aliphatic heterocycles. The summed E-state index contributed by atoms with van der Waals surface area (Å²) in [5.74, 6) is -9.97. The van der Waals surface area contributed by atoms with Crippen molar-refractivity contribution in [1.82, 2.24) is 0 Å². The molecule has 2 heterocycles. The molecule has 6 fully saturated rings. The Hall–Kier alpha value is -3.36. The number of rotatable bonds is 4. The zero-order valence-electron chi connectivity index (χ0n) is 29.7. The summed E-state index contributed by atoms with van der Waals surface area (Å²) in [6.07, 6.45) is -5.43. The van der Waals surface area contributed by atoms with Crippen molar-refractivity contribution in [1.29, 1.82) is 0 Å². The van der Waals surface area contributed by atoms with Crippen LogP contribution in [0.4, 0.5) is 0 Å². The van der Waals surface area contributed by atoms with E-state index in [2.05, 4.69) is 0 Å². The zero-order chi connectivity index (χ0) is 36.8. The van der Waals surface area contributed by atoms with E-state index in [1.54, 1.807) is 26.8 Å². The van der Waals surface area contributed by atoms with Gasteiger partial charge in [-0.2, -0.15) is 0 Å². The Morgan fingerprint density at radius 2 is 1.38 bits per heavy atom. The number of hydrogen-bond donors (Lipinski definition) is 2. The van der Waals surface area contributed by atoms with Crippen molar-refractivity contribution in [3.8, 4) is 0 Å². The molecule has 7 unspecified atom stereocenters. The topological polar surface area (TPSA) is 202 Å². The van der Waals surface area contributed by atoms with Crippen LogP contribution >= 0.6 is 0 Å². The second kappa shape index (κ2) is 10.8. The molecule has 2 N–H and O–H groups in total. The van der Waals surface area contributed by atoms with Crippen LogP contribution in [0.5, 0.6) is 0 Å². The van der Waals surface area contributed by atoms with Crippen LogP contribution in [-0.4, -0.2) is 94.2 Å². The maximum absolute atomic E-state index is 14.8. The number of epoxide rings is 1. The number of esters is 5. The Balaban J connectivity index is 1.53. The van der Waals surface area contributed by atoms with E-state index in [1.807, 2.05) is 6.92 Å². The second-order valence-corrected chi connectivity index (χ2v) is 16.5. The SMILES string of the molecule is CC(=O)OC1C2[C@H](C3C(O)[C@@H]4C(C(C)C=C5OC(=O)[C@@](C)(O)[C@@]54C)[C@@]3(C)[C@H]1OC(C)=O)[C@@H](OC(C)=O)C(=O)C1C[C@@H]3O[C@@H]3[C@H](OC(C)=O)[C@@]12C. The second-order valence-electron chi connectivity index (χ2n) is 16.5. The van der Waals surface area contributed by atoms with Gasteiger partial charge < -0.3 is 38.6 Å². The van der Waals surface area contributed by atoms with E-state index in [4.69, 9.17) is 28.4 Å². The fraction of sp³-hybridized carbons (Fsp3) is 0.778. The van der Waals surface area contributed by atoms with Gasteiger partial charge in [0.1, 0.15) is 30.2 Å². The van der Waals surface area contributed by atoms with Crippen molar-refractivity contribution in [2.24, 2.45) is 57.7 Å². The fourth-order valence-corrected chi connectivity index (χ4v) is 12.2. The number of hydrogen-bond acceptors (Lipinski definition) is 14. The number of allylic oxidation sites excluding steroid dienone is 1. The maximum atomic E-state index is 14.8. The smallest absolute Gasteiger partial charge is 0.343 e. The molecule has 18 atom stereocenters. The Labute approximate surface area is 289 Å². The van der Waals surface area contributed by atoms with Gasteiger partial charge in [-0.25, -0.2) is 4.79 Å². The van der Waals surface area contributed by atoms with Crippen LogP contribution in [0, 0.1) is 57.7 Å². The summed E-state index contributed by atoms with van der Waals surface area (Å²) in [4.78, 5) is 79.7. The Bertz CT molecular complexity index is 1620. The van der Waals surface area contributed by atoms with E-state index in [0.29, 0.717) is 0 Å². The molecule has 0 amide bonds. The molecule has 14 nitrogen and oxygen atoms in total. The minimum Gasteiger partial charge on any atom is -0.459 e. The average Bonchev–Trinajstić information content (AvgIpc) is 3.68. The van der Waals surface area contributed by atoms with Gasteiger partial charge in [0, 0.05) is 68.1 Å². The van der Waals surface area contributed by atoms with Crippen LogP contribution in [0.25, 0.3) is 0 Å². The molecule has 0 aromatic carbocycles. The van der Waals surface area contributed by atoms with Crippen LogP contribution in [0.1, 0.15) is 68.7 Å². The van der Waals surface area contributed by atoms with E-state index in [1.165, 1.54) is 34.6 Å². The molecule has 7 aliphatic rings. The van der Waals surface area contributed by atoms with Gasteiger partial charge in [0.25, 0.3) is 0 Å². The van der Waals surface area contributed by atoms with Crippen molar-refractivity contribution < 1.29 is 67.4 Å². The largest absolute Gasteiger partial charge is 0.459 e. The van der Waals surface area contributed by atoms with Crippen molar-refractivity contribution in [3.05, 3.63) is 11.8 Å². The number of carbonyl (C=O) groups is 6. The summed E-state index contributed by atoms with van der Waals surface area (Å²) in [5, 5.41) is 24.7. The number of ether oxygens (including phenoxy) is 6. The third-order valence-electron chi connectivity index (χ3n) is 14.0. The van der Waals surface area contributed by atoms with E-state index >= 15 is 0 Å². The highest BCUT2D eigenvalue weighted by Gasteiger charge is 2.83. The first kappa shape index (κ1) is 35.1. The molecule has 0 spiro atoms. The van der Waals surface area contributed by atoms with Gasteiger partial charge in [-0.05, 0) is 38.2 Å². The fourth-order valence-electron chi connectivity index (χ4n) is 12.2. The number of aliphatic hydroxyl groups excluding tert-OH is 1. The number of carbonyl (C=O) groups excluding carboxylic acids is 6. The number of fused-ring (bicyclic) bond motifs is 10.